The summed E-state index contributed by atoms with van der Waals surface area (Å²) in [5.41, 5.74) is 0.767. The highest BCUT2D eigenvalue weighted by molar-refractivity contribution is 7.99. The van der Waals surface area contributed by atoms with Crippen LogP contribution in [0.4, 0.5) is 19.3 Å². The summed E-state index contributed by atoms with van der Waals surface area (Å²) in [6, 6.07) is 6.07. The van der Waals surface area contributed by atoms with E-state index in [0.29, 0.717) is 35.5 Å². The molecule has 4 nitrogen and oxygen atoms in total. The van der Waals surface area contributed by atoms with Crippen LogP contribution < -0.4 is 10.6 Å². The second kappa shape index (κ2) is 7.78. The van der Waals surface area contributed by atoms with Crippen molar-refractivity contribution in [1.29, 1.82) is 0 Å². The number of carbonyl (C=O) groups is 1. The average molecular weight is 330 g/mol. The van der Waals surface area contributed by atoms with E-state index in [1.54, 1.807) is 31.4 Å². The molecule has 0 heterocycles. The number of urea groups is 1. The minimum absolute atomic E-state index is 0.186. The van der Waals surface area contributed by atoms with Crippen LogP contribution in [-0.4, -0.2) is 32.1 Å². The van der Waals surface area contributed by atoms with Crippen molar-refractivity contribution in [3.63, 3.8) is 0 Å². The van der Waals surface area contributed by atoms with Crippen LogP contribution in [0.2, 0.25) is 0 Å². The Bertz CT molecular complexity index is 493. The molecule has 1 aromatic rings. The fourth-order valence-corrected chi connectivity index (χ4v) is 2.67. The Kier molecular flexibility index (Phi) is 6.02. The molecule has 0 atom stereocenters. The summed E-state index contributed by atoms with van der Waals surface area (Å²) in [4.78, 5) is 12.3. The van der Waals surface area contributed by atoms with Gasteiger partial charge in [0.1, 0.15) is 0 Å². The van der Waals surface area contributed by atoms with Gasteiger partial charge in [0, 0.05) is 30.8 Å². The standard InChI is InChI=1S/C15H20F2N2O2S/c1-21-9-8-15(6-7-15)10-18-14(20)19-11-2-4-12(5-3-11)22-13(16)17/h2-5,13H,6-10H2,1H3,(H2,18,19,20). The molecule has 0 bridgehead atoms. The molecule has 1 saturated carbocycles. The number of anilines is 1. The molecule has 1 aromatic carbocycles. The third kappa shape index (κ3) is 5.46. The van der Waals surface area contributed by atoms with Crippen LogP contribution in [0.15, 0.2) is 29.2 Å². The van der Waals surface area contributed by atoms with E-state index in [1.165, 1.54) is 0 Å². The number of rotatable bonds is 8. The molecule has 7 heteroatoms. The van der Waals surface area contributed by atoms with Crippen LogP contribution in [-0.2, 0) is 4.74 Å². The number of carbonyl (C=O) groups excluding carboxylic acids is 1. The highest BCUT2D eigenvalue weighted by Gasteiger charge is 2.42. The van der Waals surface area contributed by atoms with E-state index in [1.807, 2.05) is 0 Å². The lowest BCUT2D eigenvalue weighted by Crippen LogP contribution is -2.34. The van der Waals surface area contributed by atoms with Gasteiger partial charge in [-0.2, -0.15) is 8.78 Å². The molecule has 2 amide bonds. The Morgan fingerprint density at radius 2 is 2.05 bits per heavy atom. The number of alkyl halides is 2. The first-order valence-corrected chi connectivity index (χ1v) is 8.00. The average Bonchev–Trinajstić information content (AvgIpc) is 3.25. The van der Waals surface area contributed by atoms with Gasteiger partial charge >= 0.3 is 6.03 Å². The highest BCUT2D eigenvalue weighted by Crippen LogP contribution is 2.48. The van der Waals surface area contributed by atoms with Crippen LogP contribution in [0.25, 0.3) is 0 Å². The predicted molar refractivity (Wildman–Crippen MR) is 83.5 cm³/mol. The third-order valence-corrected chi connectivity index (χ3v) is 4.48. The zero-order valence-corrected chi connectivity index (χ0v) is 13.2. The molecule has 0 unspecified atom stereocenters. The van der Waals surface area contributed by atoms with Crippen LogP contribution in [0.1, 0.15) is 19.3 Å². The number of thioether (sulfide) groups is 1. The number of amides is 2. The Hall–Kier alpha value is -1.34. The fraction of sp³-hybridized carbons (Fsp3) is 0.533. The lowest BCUT2D eigenvalue weighted by Gasteiger charge is -2.16. The summed E-state index contributed by atoms with van der Waals surface area (Å²) in [6.07, 6.45) is 3.16. The second-order valence-corrected chi connectivity index (χ2v) is 6.52. The van der Waals surface area contributed by atoms with Crippen molar-refractivity contribution in [3.05, 3.63) is 24.3 Å². The van der Waals surface area contributed by atoms with E-state index in [4.69, 9.17) is 4.74 Å². The van der Waals surface area contributed by atoms with Crippen molar-refractivity contribution in [2.24, 2.45) is 5.41 Å². The molecule has 1 fully saturated rings. The van der Waals surface area contributed by atoms with Gasteiger partial charge in [0.2, 0.25) is 0 Å². The molecule has 1 aliphatic rings. The first kappa shape index (κ1) is 17.0. The topological polar surface area (TPSA) is 50.4 Å². The first-order chi connectivity index (χ1) is 10.5. The molecular formula is C15H20F2N2O2S. The summed E-state index contributed by atoms with van der Waals surface area (Å²) in [7, 11) is 1.67. The number of hydrogen-bond acceptors (Lipinski definition) is 3. The maximum Gasteiger partial charge on any atom is 0.319 e. The lowest BCUT2D eigenvalue weighted by atomic mass is 10.0. The molecule has 2 rings (SSSR count). The van der Waals surface area contributed by atoms with Crippen molar-refractivity contribution >= 4 is 23.5 Å². The highest BCUT2D eigenvalue weighted by atomic mass is 32.2. The zero-order chi connectivity index (χ0) is 16.0. The smallest absolute Gasteiger partial charge is 0.319 e. The Labute approximate surface area is 133 Å². The van der Waals surface area contributed by atoms with Gasteiger partial charge in [0.05, 0.1) is 0 Å². The SMILES string of the molecule is COCCC1(CNC(=O)Nc2ccc(SC(F)F)cc2)CC1. The minimum Gasteiger partial charge on any atom is -0.385 e. The molecule has 0 aliphatic heterocycles. The summed E-state index contributed by atoms with van der Waals surface area (Å²) < 4.78 is 29.5. The van der Waals surface area contributed by atoms with Crippen molar-refractivity contribution < 1.29 is 18.3 Å². The summed E-state index contributed by atoms with van der Waals surface area (Å²) in [6.45, 7) is 1.33. The van der Waals surface area contributed by atoms with Gasteiger partial charge in [0.15, 0.2) is 0 Å². The quantitative estimate of drug-likeness (QED) is 0.710. The van der Waals surface area contributed by atoms with Crippen LogP contribution in [0.5, 0.6) is 0 Å². The molecule has 0 aromatic heterocycles. The van der Waals surface area contributed by atoms with E-state index in [0.717, 1.165) is 19.3 Å². The van der Waals surface area contributed by atoms with Crippen molar-refractivity contribution in [2.75, 3.05) is 25.6 Å². The van der Waals surface area contributed by atoms with Crippen molar-refractivity contribution in [1.82, 2.24) is 5.32 Å². The number of methoxy groups -OCH3 is 1. The van der Waals surface area contributed by atoms with E-state index >= 15 is 0 Å². The predicted octanol–water partition coefficient (Wildman–Crippen LogP) is 3.94. The van der Waals surface area contributed by atoms with Crippen molar-refractivity contribution in [3.8, 4) is 0 Å². The minimum atomic E-state index is -2.44. The molecular weight excluding hydrogens is 310 g/mol. The fourth-order valence-electron chi connectivity index (χ4n) is 2.17. The molecule has 1 aliphatic carbocycles. The van der Waals surface area contributed by atoms with Gasteiger partial charge in [-0.05, 0) is 48.9 Å². The first-order valence-electron chi connectivity index (χ1n) is 7.12. The Balaban J connectivity index is 1.75. The van der Waals surface area contributed by atoms with E-state index in [-0.39, 0.29) is 11.4 Å². The van der Waals surface area contributed by atoms with E-state index in [9.17, 15) is 13.6 Å². The molecule has 0 saturated heterocycles. The number of halogens is 2. The monoisotopic (exact) mass is 330 g/mol. The van der Waals surface area contributed by atoms with Gasteiger partial charge in [-0.3, -0.25) is 0 Å². The summed E-state index contributed by atoms with van der Waals surface area (Å²) in [5.74, 6) is -2.44. The number of hydrogen-bond donors (Lipinski definition) is 2. The van der Waals surface area contributed by atoms with Gasteiger partial charge in [0.25, 0.3) is 5.76 Å². The number of benzene rings is 1. The summed E-state index contributed by atoms with van der Waals surface area (Å²) in [5, 5.41) is 5.56. The van der Waals surface area contributed by atoms with Crippen molar-refractivity contribution in [2.45, 2.75) is 29.9 Å². The largest absolute Gasteiger partial charge is 0.385 e. The van der Waals surface area contributed by atoms with E-state index < -0.39 is 5.76 Å². The maximum absolute atomic E-state index is 12.2. The maximum atomic E-state index is 12.2. The molecule has 2 N–H and O–H groups in total. The molecule has 22 heavy (non-hydrogen) atoms. The van der Waals surface area contributed by atoms with Gasteiger partial charge < -0.3 is 15.4 Å². The van der Waals surface area contributed by atoms with Gasteiger partial charge in [-0.25, -0.2) is 4.79 Å². The van der Waals surface area contributed by atoms with Crippen LogP contribution >= 0.6 is 11.8 Å². The number of ether oxygens (including phenoxy) is 1. The Morgan fingerprint density at radius 1 is 1.36 bits per heavy atom. The second-order valence-electron chi connectivity index (χ2n) is 5.45. The van der Waals surface area contributed by atoms with E-state index in [2.05, 4.69) is 10.6 Å². The molecule has 122 valence electrons. The molecule has 0 spiro atoms. The lowest BCUT2D eigenvalue weighted by molar-refractivity contribution is 0.171. The number of nitrogens with one attached hydrogen (secondary N) is 2. The van der Waals surface area contributed by atoms with Crippen LogP contribution in [0, 0.1) is 5.41 Å². The zero-order valence-electron chi connectivity index (χ0n) is 12.4. The van der Waals surface area contributed by atoms with Gasteiger partial charge in [-0.15, -0.1) is 0 Å². The third-order valence-electron chi connectivity index (χ3n) is 3.75. The van der Waals surface area contributed by atoms with Gasteiger partial charge in [-0.1, -0.05) is 11.8 Å². The molecule has 0 radical (unpaired) electrons. The van der Waals surface area contributed by atoms with Crippen LogP contribution in [0.3, 0.4) is 0 Å². The Morgan fingerprint density at radius 3 is 2.59 bits per heavy atom. The summed E-state index contributed by atoms with van der Waals surface area (Å²) >= 11 is 0.482. The normalized spacial score (nSPS) is 15.6.